The molecule has 1 aliphatic rings. The standard InChI is InChI=1S/C13H18N2O2/c1-14-7-5-13(16)15-8-6-10-9-11(17-2)3-4-12(10)15/h3-4,9,14H,5-8H2,1-2H3. The topological polar surface area (TPSA) is 41.6 Å². The van der Waals surface area contributed by atoms with Crippen LogP contribution in [0.25, 0.3) is 0 Å². The van der Waals surface area contributed by atoms with Crippen LogP contribution >= 0.6 is 0 Å². The van der Waals surface area contributed by atoms with Gasteiger partial charge >= 0.3 is 0 Å². The summed E-state index contributed by atoms with van der Waals surface area (Å²) in [6.07, 6.45) is 1.46. The number of amides is 1. The van der Waals surface area contributed by atoms with Crippen LogP contribution in [-0.4, -0.2) is 33.2 Å². The van der Waals surface area contributed by atoms with Crippen molar-refractivity contribution in [2.24, 2.45) is 0 Å². The number of hydrogen-bond donors (Lipinski definition) is 1. The highest BCUT2D eigenvalue weighted by molar-refractivity contribution is 5.95. The molecule has 2 rings (SSSR count). The first-order chi connectivity index (χ1) is 8.26. The molecule has 0 bridgehead atoms. The second-order valence-corrected chi connectivity index (χ2v) is 4.14. The summed E-state index contributed by atoms with van der Waals surface area (Å²) >= 11 is 0. The molecule has 0 radical (unpaired) electrons. The van der Waals surface area contributed by atoms with Gasteiger partial charge in [0.1, 0.15) is 5.75 Å². The number of nitrogens with zero attached hydrogens (tertiary/aromatic N) is 1. The summed E-state index contributed by atoms with van der Waals surface area (Å²) < 4.78 is 5.19. The van der Waals surface area contributed by atoms with Gasteiger partial charge in [0.15, 0.2) is 0 Å². The smallest absolute Gasteiger partial charge is 0.228 e. The van der Waals surface area contributed by atoms with E-state index in [1.807, 2.05) is 30.1 Å². The van der Waals surface area contributed by atoms with E-state index in [0.29, 0.717) is 6.42 Å². The third-order valence-corrected chi connectivity index (χ3v) is 3.07. The van der Waals surface area contributed by atoms with E-state index >= 15 is 0 Å². The Morgan fingerprint density at radius 1 is 1.53 bits per heavy atom. The minimum Gasteiger partial charge on any atom is -0.497 e. The first kappa shape index (κ1) is 11.9. The third kappa shape index (κ3) is 2.42. The van der Waals surface area contributed by atoms with E-state index in [1.54, 1.807) is 7.11 Å². The molecular formula is C13H18N2O2. The van der Waals surface area contributed by atoms with E-state index in [1.165, 1.54) is 5.56 Å². The van der Waals surface area contributed by atoms with Crippen LogP contribution in [0.2, 0.25) is 0 Å². The normalized spacial score (nSPS) is 13.6. The van der Waals surface area contributed by atoms with Crippen molar-refractivity contribution in [3.8, 4) is 5.75 Å². The van der Waals surface area contributed by atoms with Gasteiger partial charge in [0.05, 0.1) is 7.11 Å². The first-order valence-electron chi connectivity index (χ1n) is 5.88. The summed E-state index contributed by atoms with van der Waals surface area (Å²) in [5.41, 5.74) is 2.23. The fourth-order valence-corrected chi connectivity index (χ4v) is 2.13. The maximum Gasteiger partial charge on any atom is 0.228 e. The van der Waals surface area contributed by atoms with Gasteiger partial charge in [-0.15, -0.1) is 0 Å². The number of carbonyl (C=O) groups is 1. The van der Waals surface area contributed by atoms with Crippen LogP contribution in [0.4, 0.5) is 5.69 Å². The van der Waals surface area contributed by atoms with Crippen molar-refractivity contribution in [3.05, 3.63) is 23.8 Å². The van der Waals surface area contributed by atoms with Crippen molar-refractivity contribution in [3.63, 3.8) is 0 Å². The monoisotopic (exact) mass is 234 g/mol. The molecule has 17 heavy (non-hydrogen) atoms. The molecule has 1 aliphatic heterocycles. The molecule has 1 amide bonds. The van der Waals surface area contributed by atoms with Gasteiger partial charge in [-0.3, -0.25) is 4.79 Å². The summed E-state index contributed by atoms with van der Waals surface area (Å²) in [6.45, 7) is 1.51. The molecule has 0 aliphatic carbocycles. The minimum atomic E-state index is 0.184. The van der Waals surface area contributed by atoms with Crippen molar-refractivity contribution in [2.45, 2.75) is 12.8 Å². The Morgan fingerprint density at radius 2 is 2.35 bits per heavy atom. The number of fused-ring (bicyclic) bond motifs is 1. The largest absolute Gasteiger partial charge is 0.497 e. The van der Waals surface area contributed by atoms with E-state index in [2.05, 4.69) is 5.32 Å². The molecule has 0 unspecified atom stereocenters. The van der Waals surface area contributed by atoms with Gasteiger partial charge in [0.2, 0.25) is 5.91 Å². The number of hydrogen-bond acceptors (Lipinski definition) is 3. The fourth-order valence-electron chi connectivity index (χ4n) is 2.13. The summed E-state index contributed by atoms with van der Waals surface area (Å²) in [7, 11) is 3.52. The minimum absolute atomic E-state index is 0.184. The van der Waals surface area contributed by atoms with E-state index in [9.17, 15) is 4.79 Å². The highest BCUT2D eigenvalue weighted by Crippen LogP contribution is 2.31. The quantitative estimate of drug-likeness (QED) is 0.851. The molecule has 0 atom stereocenters. The highest BCUT2D eigenvalue weighted by atomic mass is 16.5. The van der Waals surface area contributed by atoms with Gasteiger partial charge in [-0.2, -0.15) is 0 Å². The SMILES string of the molecule is CNCCC(=O)N1CCc2cc(OC)ccc21. The lowest BCUT2D eigenvalue weighted by atomic mass is 10.1. The second kappa shape index (κ2) is 5.19. The van der Waals surface area contributed by atoms with Crippen LogP contribution in [0.3, 0.4) is 0 Å². The number of anilines is 1. The van der Waals surface area contributed by atoms with Gasteiger partial charge in [-0.1, -0.05) is 0 Å². The molecule has 4 nitrogen and oxygen atoms in total. The molecule has 0 aromatic heterocycles. The predicted octanol–water partition coefficient (Wildman–Crippen LogP) is 1.19. The summed E-state index contributed by atoms with van der Waals surface area (Å²) in [6, 6.07) is 5.89. The molecule has 0 spiro atoms. The Bertz CT molecular complexity index is 418. The average Bonchev–Trinajstić information content (AvgIpc) is 2.78. The first-order valence-corrected chi connectivity index (χ1v) is 5.88. The zero-order chi connectivity index (χ0) is 12.3. The van der Waals surface area contributed by atoms with Crippen molar-refractivity contribution in [1.29, 1.82) is 0 Å². The number of carbonyl (C=O) groups excluding carboxylic acids is 1. The summed E-state index contributed by atoms with van der Waals surface area (Å²) in [5, 5.41) is 3.00. The zero-order valence-corrected chi connectivity index (χ0v) is 10.3. The number of ether oxygens (including phenoxy) is 1. The van der Waals surface area contributed by atoms with Gasteiger partial charge in [0.25, 0.3) is 0 Å². The van der Waals surface area contributed by atoms with Gasteiger partial charge < -0.3 is 15.0 Å². The van der Waals surface area contributed by atoms with Crippen molar-refractivity contribution in [1.82, 2.24) is 5.32 Å². The van der Waals surface area contributed by atoms with Gasteiger partial charge in [-0.25, -0.2) is 0 Å². The average molecular weight is 234 g/mol. The molecule has 1 aromatic rings. The Hall–Kier alpha value is -1.55. The number of methoxy groups -OCH3 is 1. The van der Waals surface area contributed by atoms with Crippen LogP contribution in [0.1, 0.15) is 12.0 Å². The summed E-state index contributed by atoms with van der Waals surface area (Å²) in [5.74, 6) is 1.04. The van der Waals surface area contributed by atoms with Crippen LogP contribution < -0.4 is 15.0 Å². The molecule has 1 aromatic carbocycles. The maximum absolute atomic E-state index is 12.0. The fraction of sp³-hybridized carbons (Fsp3) is 0.462. The lowest BCUT2D eigenvalue weighted by Gasteiger charge is -2.17. The molecule has 1 heterocycles. The van der Waals surface area contributed by atoms with E-state index in [0.717, 1.165) is 30.9 Å². The van der Waals surface area contributed by atoms with E-state index in [-0.39, 0.29) is 5.91 Å². The van der Waals surface area contributed by atoms with Crippen LogP contribution in [0, 0.1) is 0 Å². The predicted molar refractivity (Wildman–Crippen MR) is 67.6 cm³/mol. The number of benzene rings is 1. The molecule has 0 saturated carbocycles. The molecule has 0 saturated heterocycles. The Balaban J connectivity index is 2.14. The van der Waals surface area contributed by atoms with Crippen LogP contribution in [0.5, 0.6) is 5.75 Å². The molecule has 0 fully saturated rings. The lowest BCUT2D eigenvalue weighted by molar-refractivity contribution is -0.118. The van der Waals surface area contributed by atoms with E-state index in [4.69, 9.17) is 4.74 Å². The second-order valence-electron chi connectivity index (χ2n) is 4.14. The number of nitrogens with one attached hydrogen (secondary N) is 1. The Kier molecular flexibility index (Phi) is 3.64. The molecule has 4 heteroatoms. The third-order valence-electron chi connectivity index (χ3n) is 3.07. The van der Waals surface area contributed by atoms with Crippen LogP contribution in [0.15, 0.2) is 18.2 Å². The van der Waals surface area contributed by atoms with Gasteiger partial charge in [0, 0.05) is 25.2 Å². The van der Waals surface area contributed by atoms with Crippen molar-refractivity contribution >= 4 is 11.6 Å². The van der Waals surface area contributed by atoms with Crippen molar-refractivity contribution in [2.75, 3.05) is 32.1 Å². The lowest BCUT2D eigenvalue weighted by Crippen LogP contribution is -2.31. The van der Waals surface area contributed by atoms with Gasteiger partial charge in [-0.05, 0) is 37.2 Å². The maximum atomic E-state index is 12.0. The molecule has 1 N–H and O–H groups in total. The van der Waals surface area contributed by atoms with Crippen LogP contribution in [-0.2, 0) is 11.2 Å². The molecular weight excluding hydrogens is 216 g/mol. The highest BCUT2D eigenvalue weighted by Gasteiger charge is 2.24. The Labute approximate surface area is 102 Å². The zero-order valence-electron chi connectivity index (χ0n) is 10.3. The Morgan fingerprint density at radius 3 is 3.06 bits per heavy atom. The molecule has 92 valence electrons. The van der Waals surface area contributed by atoms with Crippen molar-refractivity contribution < 1.29 is 9.53 Å². The van der Waals surface area contributed by atoms with E-state index < -0.39 is 0 Å². The number of rotatable bonds is 4. The summed E-state index contributed by atoms with van der Waals surface area (Å²) in [4.78, 5) is 13.8.